The molecule has 1 fully saturated rings. The predicted octanol–water partition coefficient (Wildman–Crippen LogP) is 5.14. The number of amides is 1. The van der Waals surface area contributed by atoms with E-state index in [-0.39, 0.29) is 12.5 Å². The summed E-state index contributed by atoms with van der Waals surface area (Å²) in [6.07, 6.45) is 2.45. The van der Waals surface area contributed by atoms with E-state index in [1.165, 1.54) is 12.8 Å². The highest BCUT2D eigenvalue weighted by atomic mass is 35.5. The number of nitrogens with one attached hydrogen (secondary N) is 1. The molecule has 0 saturated carbocycles. The van der Waals surface area contributed by atoms with Gasteiger partial charge in [0.25, 0.3) is 5.91 Å². The number of piperidine rings is 1. The van der Waals surface area contributed by atoms with Crippen molar-refractivity contribution < 1.29 is 9.53 Å². The van der Waals surface area contributed by atoms with Crippen LogP contribution in [0.2, 0.25) is 5.02 Å². The molecule has 0 unspecified atom stereocenters. The number of hydrogen-bond donors (Lipinski definition) is 1. The topological polar surface area (TPSA) is 54.5 Å². The fourth-order valence-electron chi connectivity index (χ4n) is 3.67. The van der Waals surface area contributed by atoms with Crippen LogP contribution in [0.15, 0.2) is 54.6 Å². The molecule has 3 aromatic rings. The number of para-hydroxylation sites is 1. The van der Waals surface area contributed by atoms with Crippen molar-refractivity contribution in [3.63, 3.8) is 0 Å². The standard InChI is InChI=1S/C23H24ClN3O2/c1-16-4-3-13-27(14-16)21-12-7-17-5-2-6-20(23(17)26-21)29-15-22(28)25-19-10-8-18(24)9-11-19/h2,5-12,16H,3-4,13-15H2,1H3,(H,25,28)/t16-/m1/s1. The lowest BCUT2D eigenvalue weighted by atomic mass is 10.0. The highest BCUT2D eigenvalue weighted by Crippen LogP contribution is 2.28. The molecule has 150 valence electrons. The zero-order valence-corrected chi connectivity index (χ0v) is 17.2. The lowest BCUT2D eigenvalue weighted by Gasteiger charge is -2.32. The van der Waals surface area contributed by atoms with Crippen LogP contribution in [-0.2, 0) is 4.79 Å². The molecule has 0 spiro atoms. The lowest BCUT2D eigenvalue weighted by molar-refractivity contribution is -0.118. The molecule has 1 aromatic heterocycles. The van der Waals surface area contributed by atoms with E-state index in [4.69, 9.17) is 21.3 Å². The largest absolute Gasteiger partial charge is 0.481 e. The quantitative estimate of drug-likeness (QED) is 0.633. The number of hydrogen-bond acceptors (Lipinski definition) is 4. The number of ether oxygens (including phenoxy) is 1. The smallest absolute Gasteiger partial charge is 0.262 e. The molecule has 0 aliphatic carbocycles. The zero-order valence-electron chi connectivity index (χ0n) is 16.4. The summed E-state index contributed by atoms with van der Waals surface area (Å²) in [5, 5.41) is 4.42. The summed E-state index contributed by atoms with van der Waals surface area (Å²) in [6, 6.07) is 16.9. The molecule has 1 atom stereocenters. The van der Waals surface area contributed by atoms with Crippen LogP contribution in [-0.4, -0.2) is 30.6 Å². The summed E-state index contributed by atoms with van der Waals surface area (Å²) < 4.78 is 5.82. The van der Waals surface area contributed by atoms with E-state index in [0.29, 0.717) is 22.4 Å². The van der Waals surface area contributed by atoms with E-state index < -0.39 is 0 Å². The van der Waals surface area contributed by atoms with E-state index in [0.717, 1.165) is 29.8 Å². The Labute approximate surface area is 175 Å². The molecule has 1 amide bonds. The average Bonchev–Trinajstić information content (AvgIpc) is 2.73. The normalized spacial score (nSPS) is 16.6. The number of halogens is 1. The number of rotatable bonds is 5. The van der Waals surface area contributed by atoms with Crippen LogP contribution in [0.5, 0.6) is 5.75 Å². The Morgan fingerprint density at radius 2 is 2.03 bits per heavy atom. The number of benzene rings is 2. The van der Waals surface area contributed by atoms with Crippen molar-refractivity contribution in [2.24, 2.45) is 5.92 Å². The van der Waals surface area contributed by atoms with Gasteiger partial charge in [0.15, 0.2) is 6.61 Å². The summed E-state index contributed by atoms with van der Waals surface area (Å²) in [6.45, 7) is 4.23. The Bertz CT molecular complexity index is 1010. The van der Waals surface area contributed by atoms with Gasteiger partial charge in [-0.1, -0.05) is 30.7 Å². The van der Waals surface area contributed by atoms with Crippen molar-refractivity contribution in [3.05, 3.63) is 59.6 Å². The molecule has 1 saturated heterocycles. The maximum absolute atomic E-state index is 12.3. The maximum Gasteiger partial charge on any atom is 0.262 e. The minimum Gasteiger partial charge on any atom is -0.481 e. The first kappa shape index (κ1) is 19.5. The van der Waals surface area contributed by atoms with Gasteiger partial charge in [-0.3, -0.25) is 4.79 Å². The first-order valence-corrected chi connectivity index (χ1v) is 10.3. The number of nitrogens with zero attached hydrogens (tertiary/aromatic N) is 2. The van der Waals surface area contributed by atoms with Crippen LogP contribution in [0.1, 0.15) is 19.8 Å². The van der Waals surface area contributed by atoms with Crippen LogP contribution in [0.25, 0.3) is 10.9 Å². The van der Waals surface area contributed by atoms with Crippen LogP contribution >= 0.6 is 11.6 Å². The van der Waals surface area contributed by atoms with Gasteiger partial charge in [0.1, 0.15) is 17.1 Å². The van der Waals surface area contributed by atoms with Crippen LogP contribution in [0.4, 0.5) is 11.5 Å². The molecule has 1 N–H and O–H groups in total. The van der Waals surface area contributed by atoms with Gasteiger partial charge in [0.2, 0.25) is 0 Å². The van der Waals surface area contributed by atoms with Gasteiger partial charge in [0.05, 0.1) is 0 Å². The molecular formula is C23H24ClN3O2. The summed E-state index contributed by atoms with van der Waals surface area (Å²) in [4.78, 5) is 19.4. The van der Waals surface area contributed by atoms with E-state index in [1.54, 1.807) is 24.3 Å². The molecule has 5 nitrogen and oxygen atoms in total. The summed E-state index contributed by atoms with van der Waals surface area (Å²) in [5.74, 6) is 2.01. The molecule has 0 bridgehead atoms. The first-order chi connectivity index (χ1) is 14.1. The van der Waals surface area contributed by atoms with E-state index in [1.807, 2.05) is 18.2 Å². The van der Waals surface area contributed by atoms with Crippen LogP contribution in [0, 0.1) is 5.92 Å². The van der Waals surface area contributed by atoms with Crippen molar-refractivity contribution in [2.75, 3.05) is 29.9 Å². The van der Waals surface area contributed by atoms with Gasteiger partial charge in [-0.15, -0.1) is 0 Å². The van der Waals surface area contributed by atoms with E-state index >= 15 is 0 Å². The van der Waals surface area contributed by atoms with Crippen molar-refractivity contribution in [1.82, 2.24) is 4.98 Å². The van der Waals surface area contributed by atoms with Crippen LogP contribution in [0.3, 0.4) is 0 Å². The molecule has 1 aliphatic heterocycles. The summed E-state index contributed by atoms with van der Waals surface area (Å²) in [7, 11) is 0. The molecule has 1 aliphatic rings. The van der Waals surface area contributed by atoms with Gasteiger partial charge in [-0.05, 0) is 61.2 Å². The van der Waals surface area contributed by atoms with Crippen LogP contribution < -0.4 is 15.0 Å². The fraction of sp³-hybridized carbons (Fsp3) is 0.304. The second-order valence-electron chi connectivity index (χ2n) is 7.53. The molecule has 6 heteroatoms. The van der Waals surface area contributed by atoms with Crippen molar-refractivity contribution in [1.29, 1.82) is 0 Å². The van der Waals surface area contributed by atoms with E-state index in [2.05, 4.69) is 29.3 Å². The van der Waals surface area contributed by atoms with Gasteiger partial charge >= 0.3 is 0 Å². The van der Waals surface area contributed by atoms with Gasteiger partial charge in [-0.2, -0.15) is 0 Å². The molecule has 29 heavy (non-hydrogen) atoms. The average molecular weight is 410 g/mol. The number of carbonyl (C=O) groups is 1. The maximum atomic E-state index is 12.3. The van der Waals surface area contributed by atoms with Crippen molar-refractivity contribution in [2.45, 2.75) is 19.8 Å². The molecule has 4 rings (SSSR count). The minimum atomic E-state index is -0.231. The fourth-order valence-corrected chi connectivity index (χ4v) is 3.80. The number of anilines is 2. The summed E-state index contributed by atoms with van der Waals surface area (Å²) in [5.41, 5.74) is 1.46. The Morgan fingerprint density at radius 3 is 2.83 bits per heavy atom. The van der Waals surface area contributed by atoms with Gasteiger partial charge in [0, 0.05) is 29.2 Å². The molecule has 2 aromatic carbocycles. The number of aromatic nitrogens is 1. The van der Waals surface area contributed by atoms with Gasteiger partial charge in [-0.25, -0.2) is 4.98 Å². The first-order valence-electron chi connectivity index (χ1n) is 9.91. The second-order valence-corrected chi connectivity index (χ2v) is 7.97. The van der Waals surface area contributed by atoms with Crippen molar-refractivity contribution in [3.8, 4) is 5.75 Å². The lowest BCUT2D eigenvalue weighted by Crippen LogP contribution is -2.34. The third kappa shape index (κ3) is 4.80. The number of fused-ring (bicyclic) bond motifs is 1. The van der Waals surface area contributed by atoms with Gasteiger partial charge < -0.3 is 15.0 Å². The zero-order chi connectivity index (χ0) is 20.2. The third-order valence-electron chi connectivity index (χ3n) is 5.14. The van der Waals surface area contributed by atoms with E-state index in [9.17, 15) is 4.79 Å². The summed E-state index contributed by atoms with van der Waals surface area (Å²) >= 11 is 5.87. The molecular weight excluding hydrogens is 386 g/mol. The number of pyridine rings is 1. The Hall–Kier alpha value is -2.79. The number of carbonyl (C=O) groups excluding carboxylic acids is 1. The third-order valence-corrected chi connectivity index (χ3v) is 5.39. The Balaban J connectivity index is 1.48. The molecule has 0 radical (unpaired) electrons. The Morgan fingerprint density at radius 1 is 1.21 bits per heavy atom. The highest BCUT2D eigenvalue weighted by Gasteiger charge is 2.18. The van der Waals surface area contributed by atoms with Crippen molar-refractivity contribution >= 4 is 39.9 Å². The highest BCUT2D eigenvalue weighted by molar-refractivity contribution is 6.30. The monoisotopic (exact) mass is 409 g/mol. The second kappa shape index (κ2) is 8.70. The Kier molecular flexibility index (Phi) is 5.86. The SMILES string of the molecule is C[C@@H]1CCCN(c2ccc3cccc(OCC(=O)Nc4ccc(Cl)cc4)c3n2)C1. The molecule has 2 heterocycles. The minimum absolute atomic E-state index is 0.0889. The predicted molar refractivity (Wildman–Crippen MR) is 118 cm³/mol.